The van der Waals surface area contributed by atoms with E-state index in [4.69, 9.17) is 4.74 Å². The second-order valence-corrected chi connectivity index (χ2v) is 13.4. The van der Waals surface area contributed by atoms with Crippen molar-refractivity contribution < 1.29 is 24.2 Å². The first-order valence-electron chi connectivity index (χ1n) is 16.0. The molecule has 1 fully saturated rings. The maximum atomic E-state index is 14.4. The molecule has 8 heteroatoms. The van der Waals surface area contributed by atoms with Crippen molar-refractivity contribution in [2.75, 3.05) is 10.6 Å². The molecule has 4 aromatic rings. The lowest BCUT2D eigenvalue weighted by atomic mass is 9.61. The van der Waals surface area contributed by atoms with Gasteiger partial charge in [-0.25, -0.2) is 0 Å². The molecule has 4 unspecified atom stereocenters. The molecule has 0 spiro atoms. The van der Waals surface area contributed by atoms with Crippen LogP contribution in [0, 0.1) is 18.8 Å². The quantitative estimate of drug-likeness (QED) is 0.147. The molecule has 244 valence electrons. The number of anilines is 2. The van der Waals surface area contributed by atoms with Gasteiger partial charge in [-0.05, 0) is 73.7 Å². The van der Waals surface area contributed by atoms with E-state index in [2.05, 4.69) is 26.6 Å². The van der Waals surface area contributed by atoms with Gasteiger partial charge in [-0.15, -0.1) is 0 Å². The van der Waals surface area contributed by atoms with Crippen molar-refractivity contribution in [3.05, 3.63) is 123 Å². The average Bonchev–Trinajstić information content (AvgIpc) is 3.04. The number of aliphatic hydroxyl groups is 1. The van der Waals surface area contributed by atoms with E-state index in [0.717, 1.165) is 22.3 Å². The Bertz CT molecular complexity index is 1770. The molecule has 0 aliphatic heterocycles. The van der Waals surface area contributed by atoms with Crippen LogP contribution in [0.15, 0.2) is 95.5 Å². The van der Waals surface area contributed by atoms with Crippen molar-refractivity contribution in [1.82, 2.24) is 0 Å². The molecule has 0 saturated heterocycles. The molecule has 4 aromatic carbocycles. The first-order chi connectivity index (χ1) is 22.5. The maximum absolute atomic E-state index is 14.4. The van der Waals surface area contributed by atoms with Crippen LogP contribution in [0.1, 0.15) is 60.9 Å². The molecule has 7 nitrogen and oxygen atoms in total. The van der Waals surface area contributed by atoms with Crippen molar-refractivity contribution in [3.63, 3.8) is 0 Å². The summed E-state index contributed by atoms with van der Waals surface area (Å²) in [6, 6.07) is 28.3. The van der Waals surface area contributed by atoms with Crippen LogP contribution in [0.4, 0.5) is 11.4 Å². The molecule has 1 aliphatic rings. The van der Waals surface area contributed by atoms with Gasteiger partial charge in [-0.1, -0.05) is 96.0 Å². The number of para-hydroxylation sites is 2. The van der Waals surface area contributed by atoms with E-state index >= 15 is 0 Å². The zero-order valence-electron chi connectivity index (χ0n) is 27.2. The highest BCUT2D eigenvalue weighted by Gasteiger charge is 2.56. The molecule has 0 radical (unpaired) electrons. The van der Waals surface area contributed by atoms with E-state index in [9.17, 15) is 19.5 Å². The van der Waals surface area contributed by atoms with E-state index in [1.807, 2.05) is 93.6 Å². The fourth-order valence-corrected chi connectivity index (χ4v) is 6.92. The third kappa shape index (κ3) is 7.66. The van der Waals surface area contributed by atoms with Crippen LogP contribution >= 0.6 is 15.9 Å². The highest BCUT2D eigenvalue weighted by Crippen LogP contribution is 2.49. The Morgan fingerprint density at radius 2 is 1.45 bits per heavy atom. The van der Waals surface area contributed by atoms with Gasteiger partial charge < -0.3 is 20.5 Å². The number of amides is 2. The first kappa shape index (κ1) is 34.1. The summed E-state index contributed by atoms with van der Waals surface area (Å²) < 4.78 is 7.04. The summed E-state index contributed by atoms with van der Waals surface area (Å²) in [5.41, 5.74) is 3.85. The average molecular weight is 698 g/mol. The van der Waals surface area contributed by atoms with Crippen LogP contribution in [-0.2, 0) is 33.8 Å². The van der Waals surface area contributed by atoms with Crippen molar-refractivity contribution in [2.45, 2.75) is 65.1 Å². The van der Waals surface area contributed by atoms with Crippen molar-refractivity contribution in [1.29, 1.82) is 0 Å². The van der Waals surface area contributed by atoms with E-state index in [-0.39, 0.29) is 13.0 Å². The summed E-state index contributed by atoms with van der Waals surface area (Å²) in [6.45, 7) is 7.73. The Hall–Kier alpha value is -4.27. The number of carbonyl (C=O) groups excluding carboxylic acids is 3. The maximum Gasteiger partial charge on any atom is 0.235 e. The van der Waals surface area contributed by atoms with E-state index in [1.54, 1.807) is 18.2 Å². The summed E-state index contributed by atoms with van der Waals surface area (Å²) in [4.78, 5) is 42.7. The van der Waals surface area contributed by atoms with Gasteiger partial charge in [0.1, 0.15) is 24.1 Å². The number of rotatable bonds is 10. The normalized spacial score (nSPS) is 20.8. The smallest absolute Gasteiger partial charge is 0.235 e. The van der Waals surface area contributed by atoms with Gasteiger partial charge in [0, 0.05) is 33.7 Å². The summed E-state index contributed by atoms with van der Waals surface area (Å²) in [6.07, 6.45) is 1.000. The van der Waals surface area contributed by atoms with Crippen LogP contribution in [0.2, 0.25) is 0 Å². The largest absolute Gasteiger partial charge is 0.489 e. The Kier molecular flexibility index (Phi) is 10.6. The minimum atomic E-state index is -1.76. The minimum Gasteiger partial charge on any atom is -0.489 e. The van der Waals surface area contributed by atoms with Gasteiger partial charge in [-0.2, -0.15) is 0 Å². The standard InChI is InChI=1S/C39H41BrN2O5/c1-5-26-11-7-9-13-30(26)41-37(44)35-32(43)22-39(4,46)36(38(45)42-31-14-10-8-12-27(31)6-2)34(35)29-21-28(40)19-20-33(29)47-23-25-17-15-24(3)16-18-25/h7-21,34-36,46H,5-6,22-23H2,1-4H3,(H,41,44)(H,42,45). The van der Waals surface area contributed by atoms with Gasteiger partial charge in [0.15, 0.2) is 0 Å². The van der Waals surface area contributed by atoms with Crippen LogP contribution < -0.4 is 15.4 Å². The third-order valence-corrected chi connectivity index (χ3v) is 9.48. The molecule has 3 N–H and O–H groups in total. The summed E-state index contributed by atoms with van der Waals surface area (Å²) in [5.74, 6) is -4.57. The molecule has 1 aliphatic carbocycles. The van der Waals surface area contributed by atoms with Crippen LogP contribution in [0.3, 0.4) is 0 Å². The number of halogens is 1. The number of benzene rings is 4. The monoisotopic (exact) mass is 696 g/mol. The van der Waals surface area contributed by atoms with Crippen molar-refractivity contribution >= 4 is 44.9 Å². The lowest BCUT2D eigenvalue weighted by molar-refractivity contribution is -0.150. The molecule has 0 bridgehead atoms. The van der Waals surface area contributed by atoms with Gasteiger partial charge in [0.05, 0.1) is 11.5 Å². The molecular formula is C39H41BrN2O5. The van der Waals surface area contributed by atoms with Crippen LogP contribution in [0.5, 0.6) is 5.75 Å². The second-order valence-electron chi connectivity index (χ2n) is 12.4. The number of ketones is 1. The number of nitrogens with one attached hydrogen (secondary N) is 2. The SMILES string of the molecule is CCc1ccccc1NC(=O)C1C(=O)CC(C)(O)C(C(=O)Nc2ccccc2CC)C1c1cc(Br)ccc1OCc1ccc(C)cc1. The number of carbonyl (C=O) groups is 3. The molecular weight excluding hydrogens is 656 g/mol. The first-order valence-corrected chi connectivity index (χ1v) is 16.8. The predicted molar refractivity (Wildman–Crippen MR) is 189 cm³/mol. The highest BCUT2D eigenvalue weighted by molar-refractivity contribution is 9.10. The third-order valence-electron chi connectivity index (χ3n) is 8.99. The predicted octanol–water partition coefficient (Wildman–Crippen LogP) is 7.78. The fourth-order valence-electron chi connectivity index (χ4n) is 6.54. The zero-order chi connectivity index (χ0) is 33.7. The van der Waals surface area contributed by atoms with Crippen molar-refractivity contribution in [3.8, 4) is 5.75 Å². The molecule has 2 amide bonds. The Morgan fingerprint density at radius 3 is 2.04 bits per heavy atom. The van der Waals surface area contributed by atoms with E-state index < -0.39 is 41.0 Å². The van der Waals surface area contributed by atoms with Gasteiger partial charge >= 0.3 is 0 Å². The molecule has 5 rings (SSSR count). The number of hydrogen-bond donors (Lipinski definition) is 3. The topological polar surface area (TPSA) is 105 Å². The lowest BCUT2D eigenvalue weighted by Crippen LogP contribution is -2.56. The molecule has 47 heavy (non-hydrogen) atoms. The fraction of sp³-hybridized carbons (Fsp3) is 0.308. The van der Waals surface area contributed by atoms with E-state index in [1.165, 1.54) is 6.92 Å². The summed E-state index contributed by atoms with van der Waals surface area (Å²) >= 11 is 3.57. The Balaban J connectivity index is 1.62. The van der Waals surface area contributed by atoms with Gasteiger partial charge in [0.25, 0.3) is 0 Å². The number of aryl methyl sites for hydroxylation is 3. The second kappa shape index (κ2) is 14.7. The zero-order valence-corrected chi connectivity index (χ0v) is 28.8. The van der Waals surface area contributed by atoms with E-state index in [0.29, 0.717) is 40.0 Å². The molecule has 0 heterocycles. The highest BCUT2D eigenvalue weighted by atomic mass is 79.9. The van der Waals surface area contributed by atoms with Crippen molar-refractivity contribution in [2.24, 2.45) is 11.8 Å². The minimum absolute atomic E-state index is 0.230. The number of ether oxygens (including phenoxy) is 1. The Labute approximate surface area is 284 Å². The molecule has 1 saturated carbocycles. The summed E-state index contributed by atoms with van der Waals surface area (Å²) in [7, 11) is 0. The van der Waals surface area contributed by atoms with Crippen LogP contribution in [0.25, 0.3) is 0 Å². The molecule has 0 aromatic heterocycles. The van der Waals surface area contributed by atoms with Crippen LogP contribution in [-0.4, -0.2) is 28.3 Å². The van der Waals surface area contributed by atoms with Gasteiger partial charge in [0.2, 0.25) is 11.8 Å². The number of hydrogen-bond acceptors (Lipinski definition) is 5. The summed E-state index contributed by atoms with van der Waals surface area (Å²) in [5, 5.41) is 17.9. The Morgan fingerprint density at radius 1 is 0.872 bits per heavy atom. The molecule has 4 atom stereocenters. The number of Topliss-reactive ketones (excluding diaryl/α,β-unsaturated/α-hetero) is 1. The van der Waals surface area contributed by atoms with Gasteiger partial charge in [-0.3, -0.25) is 14.4 Å². The lowest BCUT2D eigenvalue weighted by Gasteiger charge is -2.45.